The Bertz CT molecular complexity index is 930. The number of hydrogen-bond acceptors (Lipinski definition) is 5. The number of fused-ring (bicyclic) bond motifs is 1. The number of nitrogens with one attached hydrogen (secondary N) is 1. The molecule has 7 nitrogen and oxygen atoms in total. The molecule has 0 radical (unpaired) electrons. The Morgan fingerprint density at radius 2 is 1.88 bits per heavy atom. The van der Waals surface area contributed by atoms with E-state index in [1.807, 2.05) is 30.3 Å². The Kier molecular flexibility index (Phi) is 4.97. The van der Waals surface area contributed by atoms with Gasteiger partial charge in [-0.05, 0) is 31.9 Å². The van der Waals surface area contributed by atoms with Crippen molar-refractivity contribution in [1.82, 2.24) is 9.13 Å². The summed E-state index contributed by atoms with van der Waals surface area (Å²) in [5.74, 6) is -0.824. The molecule has 1 heterocycles. The van der Waals surface area contributed by atoms with Crippen molar-refractivity contribution in [2.75, 3.05) is 11.9 Å². The minimum atomic E-state index is -0.550. The third-order valence-electron chi connectivity index (χ3n) is 4.92. The molecule has 1 aliphatic carbocycles. The predicted molar refractivity (Wildman–Crippen MR) is 98.2 cm³/mol. The van der Waals surface area contributed by atoms with Gasteiger partial charge in [-0.15, -0.1) is 0 Å². The van der Waals surface area contributed by atoms with Crippen molar-refractivity contribution in [3.8, 4) is 0 Å². The van der Waals surface area contributed by atoms with E-state index in [9.17, 15) is 14.4 Å². The summed E-state index contributed by atoms with van der Waals surface area (Å²) in [7, 11) is 3.11. The molecule has 1 aromatic carbocycles. The number of ether oxygens (including phenoxy) is 1. The highest BCUT2D eigenvalue weighted by molar-refractivity contribution is 5.75. The zero-order chi connectivity index (χ0) is 18.8. The van der Waals surface area contributed by atoms with E-state index in [-0.39, 0.29) is 23.8 Å². The Morgan fingerprint density at radius 1 is 1.19 bits per heavy atom. The first kappa shape index (κ1) is 18.0. The molecule has 0 aliphatic heterocycles. The summed E-state index contributed by atoms with van der Waals surface area (Å²) in [6.07, 6.45) is 0.990. The fourth-order valence-electron chi connectivity index (χ4n) is 3.58. The average Bonchev–Trinajstić information content (AvgIpc) is 2.65. The number of nitrogens with zero attached hydrogens (tertiary/aromatic N) is 2. The van der Waals surface area contributed by atoms with Gasteiger partial charge in [0.25, 0.3) is 5.56 Å². The summed E-state index contributed by atoms with van der Waals surface area (Å²) in [4.78, 5) is 37.6. The van der Waals surface area contributed by atoms with Crippen molar-refractivity contribution in [2.24, 2.45) is 20.0 Å². The van der Waals surface area contributed by atoms with Crippen molar-refractivity contribution in [3.63, 3.8) is 0 Å². The number of carbonyl (C=O) groups is 1. The molecular weight excluding hydrogens is 334 g/mol. The second-order valence-electron chi connectivity index (χ2n) is 6.45. The normalized spacial score (nSPS) is 18.9. The van der Waals surface area contributed by atoms with E-state index in [0.29, 0.717) is 24.1 Å². The smallest absolute Gasteiger partial charge is 0.330 e. The number of para-hydroxylation sites is 1. The van der Waals surface area contributed by atoms with Crippen LogP contribution in [-0.4, -0.2) is 21.7 Å². The lowest BCUT2D eigenvalue weighted by atomic mass is 9.82. The van der Waals surface area contributed by atoms with Gasteiger partial charge in [0.2, 0.25) is 0 Å². The van der Waals surface area contributed by atoms with Crippen LogP contribution in [0.25, 0.3) is 0 Å². The monoisotopic (exact) mass is 357 g/mol. The molecule has 2 aromatic rings. The largest absolute Gasteiger partial charge is 0.466 e. The highest BCUT2D eigenvalue weighted by Gasteiger charge is 2.39. The lowest BCUT2D eigenvalue weighted by molar-refractivity contribution is -0.149. The maximum Gasteiger partial charge on any atom is 0.330 e. The summed E-state index contributed by atoms with van der Waals surface area (Å²) in [6, 6.07) is 8.86. The van der Waals surface area contributed by atoms with Gasteiger partial charge < -0.3 is 14.6 Å². The van der Waals surface area contributed by atoms with E-state index in [0.717, 1.165) is 10.3 Å². The van der Waals surface area contributed by atoms with Crippen molar-refractivity contribution in [2.45, 2.75) is 25.8 Å². The third-order valence-corrected chi connectivity index (χ3v) is 4.92. The minimum absolute atomic E-state index is 0.283. The fraction of sp³-hybridized carbons (Fsp3) is 0.421. The van der Waals surface area contributed by atoms with Crippen LogP contribution in [0.1, 0.15) is 30.6 Å². The summed E-state index contributed by atoms with van der Waals surface area (Å²) < 4.78 is 7.82. The van der Waals surface area contributed by atoms with Crippen molar-refractivity contribution in [1.29, 1.82) is 0 Å². The van der Waals surface area contributed by atoms with E-state index in [2.05, 4.69) is 5.32 Å². The molecule has 26 heavy (non-hydrogen) atoms. The van der Waals surface area contributed by atoms with Crippen LogP contribution < -0.4 is 16.6 Å². The summed E-state index contributed by atoms with van der Waals surface area (Å²) >= 11 is 0. The van der Waals surface area contributed by atoms with Crippen LogP contribution in [0.2, 0.25) is 0 Å². The van der Waals surface area contributed by atoms with Gasteiger partial charge in [0, 0.05) is 25.5 Å². The van der Waals surface area contributed by atoms with Crippen LogP contribution in [-0.2, 0) is 30.0 Å². The van der Waals surface area contributed by atoms with Gasteiger partial charge in [-0.3, -0.25) is 14.2 Å². The summed E-state index contributed by atoms with van der Waals surface area (Å²) in [5.41, 5.74) is 1.21. The van der Waals surface area contributed by atoms with Crippen molar-refractivity contribution in [3.05, 3.63) is 62.4 Å². The first-order valence-corrected chi connectivity index (χ1v) is 8.72. The van der Waals surface area contributed by atoms with Crippen LogP contribution in [0.5, 0.6) is 0 Å². The van der Waals surface area contributed by atoms with E-state index in [1.165, 1.54) is 11.6 Å². The lowest BCUT2D eigenvalue weighted by Crippen LogP contribution is -2.46. The first-order valence-electron chi connectivity index (χ1n) is 8.72. The number of hydrogen-bond donors (Lipinski definition) is 1. The van der Waals surface area contributed by atoms with Gasteiger partial charge in [-0.2, -0.15) is 0 Å². The number of rotatable bonds is 4. The van der Waals surface area contributed by atoms with Gasteiger partial charge in [0.05, 0.1) is 24.1 Å². The molecule has 0 saturated carbocycles. The van der Waals surface area contributed by atoms with Gasteiger partial charge in [0.15, 0.2) is 0 Å². The third kappa shape index (κ3) is 3.05. The molecule has 3 rings (SSSR count). The van der Waals surface area contributed by atoms with Gasteiger partial charge >= 0.3 is 11.7 Å². The standard InChI is InChI=1S/C19H23N3O4/c1-4-26-18(24)13-10-11-14-15(17(23)22(3)19(25)21(14)2)16(13)20-12-8-6-5-7-9-12/h5-9,13,16,20H,4,10-11H2,1-3H3/t13-,16+/m0/s1. The van der Waals surface area contributed by atoms with Gasteiger partial charge in [0.1, 0.15) is 0 Å². The highest BCUT2D eigenvalue weighted by Crippen LogP contribution is 2.35. The average molecular weight is 357 g/mol. The van der Waals surface area contributed by atoms with Crippen LogP contribution in [0.4, 0.5) is 5.69 Å². The number of carbonyl (C=O) groups excluding carboxylic acids is 1. The molecule has 0 amide bonds. The zero-order valence-corrected chi connectivity index (χ0v) is 15.2. The number of benzene rings is 1. The van der Waals surface area contributed by atoms with E-state index in [1.54, 1.807) is 14.0 Å². The maximum absolute atomic E-state index is 12.9. The van der Waals surface area contributed by atoms with Crippen LogP contribution >= 0.6 is 0 Å². The van der Waals surface area contributed by atoms with Crippen molar-refractivity contribution >= 4 is 11.7 Å². The van der Waals surface area contributed by atoms with Crippen LogP contribution in [0.3, 0.4) is 0 Å². The Balaban J connectivity index is 2.15. The molecule has 0 fully saturated rings. The van der Waals surface area contributed by atoms with Crippen molar-refractivity contribution < 1.29 is 9.53 Å². The lowest BCUT2D eigenvalue weighted by Gasteiger charge is -2.33. The van der Waals surface area contributed by atoms with E-state index < -0.39 is 12.0 Å². The molecule has 1 N–H and O–H groups in total. The SMILES string of the molecule is CCOC(=O)[C@H]1CCc2c(c(=O)n(C)c(=O)n2C)[C@@H]1Nc1ccccc1. The zero-order valence-electron chi connectivity index (χ0n) is 15.2. The fourth-order valence-corrected chi connectivity index (χ4v) is 3.58. The molecule has 1 aromatic heterocycles. The van der Waals surface area contributed by atoms with Crippen LogP contribution in [0.15, 0.2) is 39.9 Å². The Hall–Kier alpha value is -2.83. The summed E-state index contributed by atoms with van der Waals surface area (Å²) in [5, 5.41) is 3.31. The quantitative estimate of drug-likeness (QED) is 0.836. The van der Waals surface area contributed by atoms with Crippen LogP contribution in [0, 0.1) is 5.92 Å². The number of aromatic nitrogens is 2. The molecular formula is C19H23N3O4. The second-order valence-corrected chi connectivity index (χ2v) is 6.45. The highest BCUT2D eigenvalue weighted by atomic mass is 16.5. The molecule has 138 valence electrons. The van der Waals surface area contributed by atoms with E-state index in [4.69, 9.17) is 4.74 Å². The molecule has 0 unspecified atom stereocenters. The Morgan fingerprint density at radius 3 is 2.54 bits per heavy atom. The molecule has 1 aliphatic rings. The maximum atomic E-state index is 12.9. The Labute approximate surface area is 151 Å². The number of esters is 1. The van der Waals surface area contributed by atoms with E-state index >= 15 is 0 Å². The van der Waals surface area contributed by atoms with Gasteiger partial charge in [-0.1, -0.05) is 18.2 Å². The molecule has 2 atom stereocenters. The first-order chi connectivity index (χ1) is 12.5. The molecule has 0 saturated heterocycles. The predicted octanol–water partition coefficient (Wildman–Crippen LogP) is 1.36. The topological polar surface area (TPSA) is 82.3 Å². The molecule has 0 bridgehead atoms. The molecule has 0 spiro atoms. The number of anilines is 1. The second kappa shape index (κ2) is 7.19. The summed E-state index contributed by atoms with van der Waals surface area (Å²) in [6.45, 7) is 2.04. The van der Waals surface area contributed by atoms with Gasteiger partial charge in [-0.25, -0.2) is 4.79 Å². The minimum Gasteiger partial charge on any atom is -0.466 e. The molecule has 7 heteroatoms.